The van der Waals surface area contributed by atoms with Gasteiger partial charge in [0.1, 0.15) is 11.9 Å². The molecule has 0 saturated heterocycles. The second kappa shape index (κ2) is 8.73. The molecule has 0 aliphatic heterocycles. The minimum absolute atomic E-state index is 0.256. The first-order valence-electron chi connectivity index (χ1n) is 9.14. The second-order valence-corrected chi connectivity index (χ2v) is 9.35. The largest absolute Gasteiger partial charge is 0.349 e. The van der Waals surface area contributed by atoms with Crippen LogP contribution in [0.5, 0.6) is 0 Å². The Bertz CT molecular complexity index is 897. The molecule has 0 fully saturated rings. The molecule has 0 aliphatic carbocycles. The van der Waals surface area contributed by atoms with Crippen molar-refractivity contribution in [3.05, 3.63) is 66.0 Å². The molecule has 0 saturated carbocycles. The molecule has 0 bridgehead atoms. The van der Waals surface area contributed by atoms with E-state index >= 15 is 0 Å². The molecule has 7 heteroatoms. The van der Waals surface area contributed by atoms with E-state index in [0.29, 0.717) is 6.42 Å². The Hall–Kier alpha value is -2.41. The standard InChI is InChI=1S/C21H27FN2O3S/c1-5-19(24(28(4,26)27)18-13-11-17(22)12-14-18)20(25)23-21(2,3)15-16-9-7-6-8-10-16/h6-14,19H,5,15H2,1-4H3,(H,23,25)/t19-/m0/s1. The number of anilines is 1. The summed E-state index contributed by atoms with van der Waals surface area (Å²) in [6.45, 7) is 5.54. The molecule has 1 atom stereocenters. The fraction of sp³-hybridized carbons (Fsp3) is 0.381. The van der Waals surface area contributed by atoms with Crippen LogP contribution in [0.2, 0.25) is 0 Å². The molecule has 1 N–H and O–H groups in total. The van der Waals surface area contributed by atoms with E-state index in [1.54, 1.807) is 6.92 Å². The van der Waals surface area contributed by atoms with Crippen LogP contribution in [0.25, 0.3) is 0 Å². The molecule has 2 aromatic rings. The van der Waals surface area contributed by atoms with Gasteiger partial charge >= 0.3 is 0 Å². The highest BCUT2D eigenvalue weighted by Gasteiger charge is 2.34. The highest BCUT2D eigenvalue weighted by atomic mass is 32.2. The Morgan fingerprint density at radius 3 is 2.18 bits per heavy atom. The molecule has 0 radical (unpaired) electrons. The summed E-state index contributed by atoms with van der Waals surface area (Å²) in [5, 5.41) is 2.97. The van der Waals surface area contributed by atoms with Gasteiger partial charge in [-0.1, -0.05) is 37.3 Å². The maximum absolute atomic E-state index is 13.3. The Morgan fingerprint density at radius 2 is 1.68 bits per heavy atom. The number of carbonyl (C=O) groups excluding carboxylic acids is 1. The summed E-state index contributed by atoms with van der Waals surface area (Å²) in [6.07, 6.45) is 1.92. The molecule has 5 nitrogen and oxygen atoms in total. The van der Waals surface area contributed by atoms with Gasteiger partial charge < -0.3 is 5.32 Å². The zero-order chi connectivity index (χ0) is 20.9. The Kier molecular flexibility index (Phi) is 6.82. The molecular formula is C21H27FN2O3S. The van der Waals surface area contributed by atoms with Crippen LogP contribution < -0.4 is 9.62 Å². The summed E-state index contributed by atoms with van der Waals surface area (Å²) < 4.78 is 39.2. The molecule has 0 aromatic heterocycles. The number of hydrogen-bond acceptors (Lipinski definition) is 3. The third kappa shape index (κ3) is 5.79. The van der Waals surface area contributed by atoms with Crippen molar-refractivity contribution in [3.63, 3.8) is 0 Å². The highest BCUT2D eigenvalue weighted by Crippen LogP contribution is 2.23. The van der Waals surface area contributed by atoms with Crippen LogP contribution in [0.15, 0.2) is 54.6 Å². The van der Waals surface area contributed by atoms with Crippen molar-refractivity contribution >= 4 is 21.6 Å². The summed E-state index contributed by atoms with van der Waals surface area (Å²) in [5.74, 6) is -0.864. The normalized spacial score (nSPS) is 13.0. The Morgan fingerprint density at radius 1 is 1.11 bits per heavy atom. The number of amides is 1. The predicted octanol–water partition coefficient (Wildman–Crippen LogP) is 3.51. The van der Waals surface area contributed by atoms with Gasteiger partial charge in [-0.3, -0.25) is 9.10 Å². The molecule has 1 amide bonds. The number of rotatable bonds is 8. The summed E-state index contributed by atoms with van der Waals surface area (Å²) >= 11 is 0. The topological polar surface area (TPSA) is 66.5 Å². The first-order chi connectivity index (χ1) is 13.0. The van der Waals surface area contributed by atoms with Crippen molar-refractivity contribution in [2.24, 2.45) is 0 Å². The van der Waals surface area contributed by atoms with E-state index < -0.39 is 33.3 Å². The molecule has 0 spiro atoms. The quantitative estimate of drug-likeness (QED) is 0.730. The lowest BCUT2D eigenvalue weighted by atomic mass is 9.94. The summed E-state index contributed by atoms with van der Waals surface area (Å²) in [4.78, 5) is 13.0. The van der Waals surface area contributed by atoms with E-state index in [0.717, 1.165) is 16.1 Å². The maximum atomic E-state index is 13.3. The van der Waals surface area contributed by atoms with Crippen LogP contribution >= 0.6 is 0 Å². The minimum atomic E-state index is -3.75. The predicted molar refractivity (Wildman–Crippen MR) is 110 cm³/mol. The zero-order valence-corrected chi connectivity index (χ0v) is 17.5. The van der Waals surface area contributed by atoms with Crippen molar-refractivity contribution in [2.45, 2.75) is 45.2 Å². The Labute approximate surface area is 166 Å². The number of hydrogen-bond donors (Lipinski definition) is 1. The fourth-order valence-corrected chi connectivity index (χ4v) is 4.43. The SMILES string of the molecule is CC[C@@H](C(=O)NC(C)(C)Cc1ccccc1)N(c1ccc(F)cc1)S(C)(=O)=O. The van der Waals surface area contributed by atoms with Gasteiger partial charge in [-0.25, -0.2) is 12.8 Å². The first-order valence-corrected chi connectivity index (χ1v) is 11.0. The van der Waals surface area contributed by atoms with Gasteiger partial charge in [0.15, 0.2) is 0 Å². The van der Waals surface area contributed by atoms with Crippen LogP contribution in [0.4, 0.5) is 10.1 Å². The van der Waals surface area contributed by atoms with E-state index in [1.165, 1.54) is 24.3 Å². The molecule has 0 unspecified atom stereocenters. The number of sulfonamides is 1. The third-order valence-corrected chi connectivity index (χ3v) is 5.54. The van der Waals surface area contributed by atoms with Gasteiger partial charge in [-0.05, 0) is 56.5 Å². The molecule has 2 rings (SSSR count). The lowest BCUT2D eigenvalue weighted by Crippen LogP contribution is -2.55. The van der Waals surface area contributed by atoms with E-state index in [4.69, 9.17) is 0 Å². The van der Waals surface area contributed by atoms with Crippen LogP contribution in [0, 0.1) is 5.82 Å². The van der Waals surface area contributed by atoms with Crippen LogP contribution in [-0.2, 0) is 21.2 Å². The third-order valence-electron chi connectivity index (χ3n) is 4.36. The maximum Gasteiger partial charge on any atom is 0.244 e. The molecule has 0 heterocycles. The van der Waals surface area contributed by atoms with Gasteiger partial charge in [0.2, 0.25) is 15.9 Å². The van der Waals surface area contributed by atoms with Crippen molar-refractivity contribution in [3.8, 4) is 0 Å². The van der Waals surface area contributed by atoms with Crippen molar-refractivity contribution < 1.29 is 17.6 Å². The minimum Gasteiger partial charge on any atom is -0.349 e. The number of halogens is 1. The molecule has 152 valence electrons. The zero-order valence-electron chi connectivity index (χ0n) is 16.6. The van der Waals surface area contributed by atoms with Gasteiger partial charge in [0.05, 0.1) is 11.9 Å². The van der Waals surface area contributed by atoms with Gasteiger partial charge in [-0.2, -0.15) is 0 Å². The number of benzene rings is 2. The number of nitrogens with one attached hydrogen (secondary N) is 1. The Balaban J connectivity index is 2.27. The average Bonchev–Trinajstić information content (AvgIpc) is 2.59. The molecule has 2 aromatic carbocycles. The van der Waals surface area contributed by atoms with E-state index in [9.17, 15) is 17.6 Å². The highest BCUT2D eigenvalue weighted by molar-refractivity contribution is 7.92. The van der Waals surface area contributed by atoms with E-state index in [2.05, 4.69) is 5.32 Å². The monoisotopic (exact) mass is 406 g/mol. The van der Waals surface area contributed by atoms with Gasteiger partial charge in [-0.15, -0.1) is 0 Å². The molecule has 0 aliphatic rings. The lowest BCUT2D eigenvalue weighted by Gasteiger charge is -2.34. The average molecular weight is 407 g/mol. The van der Waals surface area contributed by atoms with Crippen molar-refractivity contribution in [1.82, 2.24) is 5.32 Å². The van der Waals surface area contributed by atoms with E-state index in [-0.39, 0.29) is 12.1 Å². The fourth-order valence-electron chi connectivity index (χ4n) is 3.22. The number of carbonyl (C=O) groups is 1. The van der Waals surface area contributed by atoms with Gasteiger partial charge in [0.25, 0.3) is 0 Å². The first kappa shape index (κ1) is 21.9. The smallest absolute Gasteiger partial charge is 0.244 e. The number of nitrogens with zero attached hydrogens (tertiary/aromatic N) is 1. The summed E-state index contributed by atoms with van der Waals surface area (Å²) in [5.41, 5.74) is 0.754. The summed E-state index contributed by atoms with van der Waals surface area (Å²) in [7, 11) is -3.75. The van der Waals surface area contributed by atoms with Crippen LogP contribution in [-0.4, -0.2) is 32.2 Å². The van der Waals surface area contributed by atoms with E-state index in [1.807, 2.05) is 44.2 Å². The van der Waals surface area contributed by atoms with Crippen LogP contribution in [0.3, 0.4) is 0 Å². The van der Waals surface area contributed by atoms with Crippen molar-refractivity contribution in [2.75, 3.05) is 10.6 Å². The second-order valence-electron chi connectivity index (χ2n) is 7.49. The van der Waals surface area contributed by atoms with Gasteiger partial charge in [0, 0.05) is 5.54 Å². The van der Waals surface area contributed by atoms with Crippen LogP contribution in [0.1, 0.15) is 32.8 Å². The molecular weight excluding hydrogens is 379 g/mol. The summed E-state index contributed by atoms with van der Waals surface area (Å²) in [6, 6.07) is 13.9. The van der Waals surface area contributed by atoms with Crippen molar-refractivity contribution in [1.29, 1.82) is 0 Å². The molecule has 28 heavy (non-hydrogen) atoms. The lowest BCUT2D eigenvalue weighted by molar-refractivity contribution is -0.123.